The Morgan fingerprint density at radius 1 is 1.05 bits per heavy atom. The molecule has 5 rings (SSSR count). The van der Waals surface area contributed by atoms with Crippen molar-refractivity contribution in [3.05, 3.63) is 82.4 Å². The van der Waals surface area contributed by atoms with Crippen molar-refractivity contribution in [3.8, 4) is 16.9 Å². The zero-order valence-electron chi connectivity index (χ0n) is 22.5. The number of hydrogen-bond donors (Lipinski definition) is 1. The van der Waals surface area contributed by atoms with Gasteiger partial charge in [-0.3, -0.25) is 4.79 Å². The van der Waals surface area contributed by atoms with Gasteiger partial charge in [0.05, 0.1) is 24.9 Å². The maximum Gasteiger partial charge on any atom is 0.304 e. The average Bonchev–Trinajstić information content (AvgIpc) is 3.43. The number of ether oxygens (including phenoxy) is 2. The van der Waals surface area contributed by atoms with Crippen molar-refractivity contribution in [2.24, 2.45) is 0 Å². The van der Waals surface area contributed by atoms with E-state index in [-0.39, 0.29) is 29.6 Å². The first kappa shape index (κ1) is 27.7. The fraction of sp³-hybridized carbons (Fsp3) is 0.387. The summed E-state index contributed by atoms with van der Waals surface area (Å²) in [5, 5.41) is 9.56. The molecule has 0 saturated carbocycles. The third kappa shape index (κ3) is 6.18. The van der Waals surface area contributed by atoms with E-state index in [4.69, 9.17) is 9.47 Å². The lowest BCUT2D eigenvalue weighted by atomic mass is 9.90. The summed E-state index contributed by atoms with van der Waals surface area (Å²) in [6, 6.07) is 18.4. The second-order valence-electron chi connectivity index (χ2n) is 10.5. The number of carboxylic acids is 1. The van der Waals surface area contributed by atoms with Crippen LogP contribution in [0, 0.1) is 13.8 Å². The van der Waals surface area contributed by atoms with Gasteiger partial charge in [0.1, 0.15) is 21.0 Å². The van der Waals surface area contributed by atoms with E-state index in [0.29, 0.717) is 13.0 Å². The SMILES string of the molecule is Cc1cc(OCCCS(C)(=O)=O)cc(C)c1-c1cccc2c1CCC2OC1Sc2ccccc2[C@@H]1CC(=O)O. The molecule has 2 unspecified atom stereocenters. The number of sulfone groups is 1. The molecule has 3 aromatic carbocycles. The Bertz CT molecular complexity index is 1470. The zero-order valence-corrected chi connectivity index (χ0v) is 24.1. The van der Waals surface area contributed by atoms with Crippen molar-refractivity contribution < 1.29 is 27.8 Å². The molecule has 3 aromatic rings. The van der Waals surface area contributed by atoms with Crippen LogP contribution in [0.3, 0.4) is 0 Å². The van der Waals surface area contributed by atoms with E-state index in [1.54, 1.807) is 11.8 Å². The quantitative estimate of drug-likeness (QED) is 0.281. The highest BCUT2D eigenvalue weighted by Crippen LogP contribution is 2.51. The summed E-state index contributed by atoms with van der Waals surface area (Å²) in [6.45, 7) is 4.52. The summed E-state index contributed by atoms with van der Waals surface area (Å²) in [5.41, 5.74) is 7.88. The van der Waals surface area contributed by atoms with Crippen LogP contribution < -0.4 is 4.74 Å². The van der Waals surface area contributed by atoms with Crippen LogP contribution in [0.25, 0.3) is 11.1 Å². The maximum atomic E-state index is 11.7. The van der Waals surface area contributed by atoms with Crippen molar-refractivity contribution in [3.63, 3.8) is 0 Å². The van der Waals surface area contributed by atoms with E-state index in [1.165, 1.54) is 28.5 Å². The minimum Gasteiger partial charge on any atom is -0.494 e. The van der Waals surface area contributed by atoms with Crippen molar-refractivity contribution >= 4 is 27.6 Å². The molecule has 0 amide bonds. The van der Waals surface area contributed by atoms with E-state index in [0.717, 1.165) is 40.2 Å². The summed E-state index contributed by atoms with van der Waals surface area (Å²) < 4.78 is 35.3. The van der Waals surface area contributed by atoms with Gasteiger partial charge in [-0.1, -0.05) is 48.2 Å². The summed E-state index contributed by atoms with van der Waals surface area (Å²) in [5.74, 6) is -0.122. The topological polar surface area (TPSA) is 89.9 Å². The fourth-order valence-electron chi connectivity index (χ4n) is 5.86. The molecule has 0 aromatic heterocycles. The smallest absolute Gasteiger partial charge is 0.304 e. The molecule has 1 heterocycles. The van der Waals surface area contributed by atoms with Crippen LogP contribution in [0.2, 0.25) is 0 Å². The second kappa shape index (κ2) is 11.4. The molecule has 2 aliphatic rings. The average molecular weight is 567 g/mol. The number of aryl methyl sites for hydroxylation is 2. The molecule has 0 radical (unpaired) electrons. The Morgan fingerprint density at radius 2 is 1.77 bits per heavy atom. The number of carboxylic acid groups (broad SMARTS) is 1. The van der Waals surface area contributed by atoms with Gasteiger partial charge in [-0.25, -0.2) is 8.42 Å². The number of carbonyl (C=O) groups is 1. The Balaban J connectivity index is 1.35. The number of hydrogen-bond acceptors (Lipinski definition) is 6. The minimum absolute atomic E-state index is 0.0510. The molecule has 1 aliphatic heterocycles. The summed E-state index contributed by atoms with van der Waals surface area (Å²) in [4.78, 5) is 12.8. The van der Waals surface area contributed by atoms with Crippen LogP contribution >= 0.6 is 11.8 Å². The van der Waals surface area contributed by atoms with Gasteiger partial charge in [0.15, 0.2) is 0 Å². The van der Waals surface area contributed by atoms with E-state index in [9.17, 15) is 18.3 Å². The van der Waals surface area contributed by atoms with Gasteiger partial charge in [-0.2, -0.15) is 0 Å². The van der Waals surface area contributed by atoms with E-state index in [1.807, 2.05) is 36.4 Å². The van der Waals surface area contributed by atoms with Crippen LogP contribution in [0.4, 0.5) is 0 Å². The fourth-order valence-corrected chi connectivity index (χ4v) is 7.86. The monoisotopic (exact) mass is 566 g/mol. The molecule has 1 aliphatic carbocycles. The largest absolute Gasteiger partial charge is 0.494 e. The maximum absolute atomic E-state index is 11.7. The highest BCUT2D eigenvalue weighted by Gasteiger charge is 2.38. The lowest BCUT2D eigenvalue weighted by molar-refractivity contribution is -0.138. The molecule has 8 heteroatoms. The van der Waals surface area contributed by atoms with Crippen molar-refractivity contribution in [1.82, 2.24) is 0 Å². The first-order valence-corrected chi connectivity index (χ1v) is 16.2. The first-order valence-electron chi connectivity index (χ1n) is 13.3. The molecule has 1 N–H and O–H groups in total. The minimum atomic E-state index is -3.00. The van der Waals surface area contributed by atoms with Crippen LogP contribution in [-0.4, -0.2) is 43.5 Å². The van der Waals surface area contributed by atoms with E-state index < -0.39 is 15.8 Å². The molecule has 0 fully saturated rings. The van der Waals surface area contributed by atoms with Gasteiger partial charge in [-0.05, 0) is 90.3 Å². The molecule has 0 saturated heterocycles. The number of rotatable bonds is 10. The summed E-state index contributed by atoms with van der Waals surface area (Å²) in [7, 11) is -3.00. The second-order valence-corrected chi connectivity index (χ2v) is 13.9. The number of benzene rings is 3. The van der Waals surface area contributed by atoms with Crippen LogP contribution in [0.15, 0.2) is 59.5 Å². The lowest BCUT2D eigenvalue weighted by Gasteiger charge is -2.24. The highest BCUT2D eigenvalue weighted by molar-refractivity contribution is 8.00. The number of aliphatic carboxylic acids is 1. The van der Waals surface area contributed by atoms with Crippen LogP contribution in [-0.2, 0) is 25.8 Å². The van der Waals surface area contributed by atoms with E-state index in [2.05, 4.69) is 32.0 Å². The van der Waals surface area contributed by atoms with Crippen molar-refractivity contribution in [1.29, 1.82) is 0 Å². The van der Waals surface area contributed by atoms with Gasteiger partial charge in [0.2, 0.25) is 0 Å². The zero-order chi connectivity index (χ0) is 27.7. The van der Waals surface area contributed by atoms with Crippen molar-refractivity contribution in [2.75, 3.05) is 18.6 Å². The first-order chi connectivity index (χ1) is 18.6. The normalized spacial score (nSPS) is 20.0. The van der Waals surface area contributed by atoms with Gasteiger partial charge < -0.3 is 14.6 Å². The van der Waals surface area contributed by atoms with Crippen LogP contribution in [0.1, 0.15) is 59.1 Å². The molecular weight excluding hydrogens is 532 g/mol. The number of fused-ring (bicyclic) bond motifs is 2. The third-order valence-electron chi connectivity index (χ3n) is 7.50. The molecule has 206 valence electrons. The predicted octanol–water partition coefficient (Wildman–Crippen LogP) is 6.48. The van der Waals surface area contributed by atoms with E-state index >= 15 is 0 Å². The molecular formula is C31H34O6S2. The van der Waals surface area contributed by atoms with Crippen LogP contribution in [0.5, 0.6) is 5.75 Å². The molecule has 0 spiro atoms. The highest BCUT2D eigenvalue weighted by atomic mass is 32.2. The summed E-state index contributed by atoms with van der Waals surface area (Å²) in [6.07, 6.45) is 3.43. The van der Waals surface area contributed by atoms with Gasteiger partial charge >= 0.3 is 5.97 Å². The predicted molar refractivity (Wildman–Crippen MR) is 154 cm³/mol. The number of thioether (sulfide) groups is 1. The summed E-state index contributed by atoms with van der Waals surface area (Å²) >= 11 is 1.63. The Morgan fingerprint density at radius 3 is 2.49 bits per heavy atom. The molecule has 3 atom stereocenters. The Kier molecular flexibility index (Phi) is 8.08. The van der Waals surface area contributed by atoms with Gasteiger partial charge in [-0.15, -0.1) is 0 Å². The standard InChI is InChI=1S/C31H34O6S2/c1-19-16-21(36-14-7-15-39(3,34)35)17-20(2)30(19)25-10-6-9-23-22(25)12-13-27(23)37-31-26(18-29(32)33)24-8-4-5-11-28(24)38-31/h4-6,8-11,16-17,26-27,31H,7,12-15,18H2,1-3H3,(H,32,33)/t26-,27?,31?/m0/s1. The lowest BCUT2D eigenvalue weighted by Crippen LogP contribution is -2.19. The Labute approximate surface area is 234 Å². The molecule has 0 bridgehead atoms. The Hall–Kier alpha value is -2.81. The molecule has 39 heavy (non-hydrogen) atoms. The van der Waals surface area contributed by atoms with Gasteiger partial charge in [0, 0.05) is 17.1 Å². The molecule has 6 nitrogen and oxygen atoms in total. The van der Waals surface area contributed by atoms with Gasteiger partial charge in [0.25, 0.3) is 0 Å². The van der Waals surface area contributed by atoms with Crippen molar-refractivity contribution in [2.45, 2.75) is 61.9 Å². The third-order valence-corrected chi connectivity index (χ3v) is 9.83.